The summed E-state index contributed by atoms with van der Waals surface area (Å²) in [5.41, 5.74) is 1.12. The van der Waals surface area contributed by atoms with E-state index in [4.69, 9.17) is 0 Å². The summed E-state index contributed by atoms with van der Waals surface area (Å²) in [5.74, 6) is 0.549. The summed E-state index contributed by atoms with van der Waals surface area (Å²) in [5, 5.41) is 3.02. The van der Waals surface area contributed by atoms with Crippen LogP contribution in [0, 0.1) is 11.8 Å². The van der Waals surface area contributed by atoms with E-state index in [9.17, 15) is 9.59 Å². The van der Waals surface area contributed by atoms with Crippen molar-refractivity contribution in [3.05, 3.63) is 35.9 Å². The fraction of sp³-hybridized carbons (Fsp3) is 0.579. The molecular weight excluding hydrogens is 288 g/mol. The van der Waals surface area contributed by atoms with Crippen LogP contribution in [0.15, 0.2) is 30.3 Å². The van der Waals surface area contributed by atoms with Crippen molar-refractivity contribution in [1.29, 1.82) is 0 Å². The lowest BCUT2D eigenvalue weighted by Gasteiger charge is -2.30. The zero-order chi connectivity index (χ0) is 16.7. The minimum Gasteiger partial charge on any atom is -0.352 e. The van der Waals surface area contributed by atoms with Crippen molar-refractivity contribution < 1.29 is 9.59 Å². The van der Waals surface area contributed by atoms with Gasteiger partial charge in [0.15, 0.2) is 0 Å². The standard InChI is InChI=1S/C19H28N2O2/c1-3-21(4-2)19(23)17-12-10-16(11-13-17)18(22)20-14-15-8-6-5-7-9-15/h5-9,16-17H,3-4,10-14H2,1-2H3,(H,20,22). The summed E-state index contributed by atoms with van der Waals surface area (Å²) in [6.45, 7) is 6.16. The van der Waals surface area contributed by atoms with Gasteiger partial charge < -0.3 is 10.2 Å². The van der Waals surface area contributed by atoms with Crippen LogP contribution in [0.1, 0.15) is 45.1 Å². The van der Waals surface area contributed by atoms with Gasteiger partial charge in [0.05, 0.1) is 0 Å². The third-order valence-electron chi connectivity index (χ3n) is 4.83. The van der Waals surface area contributed by atoms with E-state index in [0.29, 0.717) is 6.54 Å². The molecule has 1 aromatic carbocycles. The van der Waals surface area contributed by atoms with Gasteiger partial charge in [0.2, 0.25) is 11.8 Å². The lowest BCUT2D eigenvalue weighted by atomic mass is 9.81. The molecule has 126 valence electrons. The molecule has 0 aromatic heterocycles. The summed E-state index contributed by atoms with van der Waals surface area (Å²) < 4.78 is 0. The molecule has 0 aliphatic heterocycles. The molecule has 0 bridgehead atoms. The first kappa shape index (κ1) is 17.5. The monoisotopic (exact) mass is 316 g/mol. The molecule has 0 saturated heterocycles. The first-order valence-electron chi connectivity index (χ1n) is 8.76. The fourth-order valence-corrected chi connectivity index (χ4v) is 3.33. The molecule has 1 fully saturated rings. The van der Waals surface area contributed by atoms with Gasteiger partial charge >= 0.3 is 0 Å². The van der Waals surface area contributed by atoms with Crippen molar-refractivity contribution in [1.82, 2.24) is 10.2 Å². The largest absolute Gasteiger partial charge is 0.352 e. The predicted molar refractivity (Wildman–Crippen MR) is 91.7 cm³/mol. The molecule has 1 aliphatic carbocycles. The van der Waals surface area contributed by atoms with Crippen molar-refractivity contribution in [2.75, 3.05) is 13.1 Å². The van der Waals surface area contributed by atoms with Gasteiger partial charge in [-0.25, -0.2) is 0 Å². The number of nitrogens with zero attached hydrogens (tertiary/aromatic N) is 1. The SMILES string of the molecule is CCN(CC)C(=O)C1CCC(C(=O)NCc2ccccc2)CC1. The summed E-state index contributed by atoms with van der Waals surface area (Å²) in [7, 11) is 0. The molecule has 0 atom stereocenters. The Kier molecular flexibility index (Phi) is 6.63. The van der Waals surface area contributed by atoms with Gasteiger partial charge in [-0.3, -0.25) is 9.59 Å². The number of carbonyl (C=O) groups is 2. The van der Waals surface area contributed by atoms with Crippen LogP contribution in [0.4, 0.5) is 0 Å². The van der Waals surface area contributed by atoms with Gasteiger partial charge in [-0.2, -0.15) is 0 Å². The highest BCUT2D eigenvalue weighted by atomic mass is 16.2. The molecule has 1 aliphatic rings. The molecule has 4 nitrogen and oxygen atoms in total. The van der Waals surface area contributed by atoms with Crippen molar-refractivity contribution in [2.45, 2.75) is 46.1 Å². The predicted octanol–water partition coefficient (Wildman–Crippen LogP) is 2.98. The van der Waals surface area contributed by atoms with Crippen LogP contribution in [-0.2, 0) is 16.1 Å². The summed E-state index contributed by atoms with van der Waals surface area (Å²) in [6.07, 6.45) is 3.30. The van der Waals surface area contributed by atoms with Crippen LogP contribution in [0.2, 0.25) is 0 Å². The van der Waals surface area contributed by atoms with Crippen molar-refractivity contribution in [3.63, 3.8) is 0 Å². The second kappa shape index (κ2) is 8.70. The number of amides is 2. The lowest BCUT2D eigenvalue weighted by molar-refractivity contribution is -0.138. The maximum absolute atomic E-state index is 12.4. The van der Waals surface area contributed by atoms with Crippen LogP contribution < -0.4 is 5.32 Å². The molecule has 0 radical (unpaired) electrons. The maximum Gasteiger partial charge on any atom is 0.225 e. The lowest BCUT2D eigenvalue weighted by Crippen LogP contribution is -2.39. The van der Waals surface area contributed by atoms with Crippen molar-refractivity contribution in [3.8, 4) is 0 Å². The third kappa shape index (κ3) is 4.81. The number of hydrogen-bond acceptors (Lipinski definition) is 2. The Morgan fingerprint density at radius 1 is 1.00 bits per heavy atom. The van der Waals surface area contributed by atoms with Crippen molar-refractivity contribution in [2.24, 2.45) is 11.8 Å². The van der Waals surface area contributed by atoms with Gasteiger partial charge in [0.1, 0.15) is 0 Å². The minimum atomic E-state index is 0.0551. The maximum atomic E-state index is 12.4. The highest BCUT2D eigenvalue weighted by Gasteiger charge is 2.31. The van der Waals surface area contributed by atoms with Gasteiger partial charge in [-0.05, 0) is 45.1 Å². The molecule has 0 unspecified atom stereocenters. The number of benzene rings is 1. The molecule has 2 amide bonds. The Balaban J connectivity index is 1.77. The molecule has 0 spiro atoms. The zero-order valence-electron chi connectivity index (χ0n) is 14.3. The van der Waals surface area contributed by atoms with Crippen LogP contribution in [-0.4, -0.2) is 29.8 Å². The van der Waals surface area contributed by atoms with E-state index in [-0.39, 0.29) is 23.7 Å². The first-order chi connectivity index (χ1) is 11.2. The van der Waals surface area contributed by atoms with E-state index in [1.165, 1.54) is 0 Å². The fourth-order valence-electron chi connectivity index (χ4n) is 3.33. The Morgan fingerprint density at radius 2 is 1.57 bits per heavy atom. The summed E-state index contributed by atoms with van der Waals surface area (Å²) in [6, 6.07) is 9.95. The number of carbonyl (C=O) groups excluding carboxylic acids is 2. The molecular formula is C19H28N2O2. The second-order valence-corrected chi connectivity index (χ2v) is 6.26. The minimum absolute atomic E-state index is 0.0551. The summed E-state index contributed by atoms with van der Waals surface area (Å²) >= 11 is 0. The molecule has 1 N–H and O–H groups in total. The number of nitrogens with one attached hydrogen (secondary N) is 1. The Hall–Kier alpha value is -1.84. The Labute approximate surface area is 139 Å². The van der Waals surface area contributed by atoms with Gasteiger partial charge in [0, 0.05) is 31.5 Å². The smallest absolute Gasteiger partial charge is 0.225 e. The molecule has 2 rings (SSSR count). The van der Waals surface area contributed by atoms with E-state index in [2.05, 4.69) is 5.32 Å². The topological polar surface area (TPSA) is 49.4 Å². The zero-order valence-corrected chi connectivity index (χ0v) is 14.3. The van der Waals surface area contributed by atoms with Gasteiger partial charge in [-0.1, -0.05) is 30.3 Å². The van der Waals surface area contributed by atoms with E-state index >= 15 is 0 Å². The average Bonchev–Trinajstić information content (AvgIpc) is 2.61. The van der Waals surface area contributed by atoms with Crippen molar-refractivity contribution >= 4 is 11.8 Å². The van der Waals surface area contributed by atoms with E-state index in [1.807, 2.05) is 49.1 Å². The molecule has 23 heavy (non-hydrogen) atoms. The molecule has 0 heterocycles. The number of rotatable bonds is 6. The number of hydrogen-bond donors (Lipinski definition) is 1. The van der Waals surface area contributed by atoms with E-state index in [0.717, 1.165) is 44.3 Å². The van der Waals surface area contributed by atoms with E-state index in [1.54, 1.807) is 0 Å². The quantitative estimate of drug-likeness (QED) is 0.877. The van der Waals surface area contributed by atoms with Gasteiger partial charge in [0.25, 0.3) is 0 Å². The highest BCUT2D eigenvalue weighted by molar-refractivity contribution is 5.81. The average molecular weight is 316 g/mol. The normalized spacial score (nSPS) is 20.8. The third-order valence-corrected chi connectivity index (χ3v) is 4.83. The molecule has 4 heteroatoms. The molecule has 1 aromatic rings. The Morgan fingerprint density at radius 3 is 2.13 bits per heavy atom. The van der Waals surface area contributed by atoms with Crippen LogP contribution >= 0.6 is 0 Å². The first-order valence-corrected chi connectivity index (χ1v) is 8.76. The molecule has 1 saturated carbocycles. The highest BCUT2D eigenvalue weighted by Crippen LogP contribution is 2.30. The van der Waals surface area contributed by atoms with Crippen LogP contribution in [0.25, 0.3) is 0 Å². The Bertz CT molecular complexity index is 503. The van der Waals surface area contributed by atoms with E-state index < -0.39 is 0 Å². The van der Waals surface area contributed by atoms with Crippen LogP contribution in [0.3, 0.4) is 0 Å². The summed E-state index contributed by atoms with van der Waals surface area (Å²) in [4.78, 5) is 26.6. The van der Waals surface area contributed by atoms with Crippen LogP contribution in [0.5, 0.6) is 0 Å². The second-order valence-electron chi connectivity index (χ2n) is 6.26. The van der Waals surface area contributed by atoms with Gasteiger partial charge in [-0.15, -0.1) is 0 Å².